The molecule has 8 aliphatic rings. The van der Waals surface area contributed by atoms with Crippen molar-refractivity contribution in [3.63, 3.8) is 0 Å². The van der Waals surface area contributed by atoms with E-state index >= 15 is 4.79 Å². The molecule has 240 valence electrons. The van der Waals surface area contributed by atoms with E-state index in [0.717, 1.165) is 79.0 Å². The van der Waals surface area contributed by atoms with Gasteiger partial charge in [-0.1, -0.05) is 12.1 Å². The second-order valence-corrected chi connectivity index (χ2v) is 13.4. The van der Waals surface area contributed by atoms with Crippen molar-refractivity contribution in [1.29, 1.82) is 0 Å². The second kappa shape index (κ2) is 8.91. The third-order valence-electron chi connectivity index (χ3n) is 11.3. The third-order valence-corrected chi connectivity index (χ3v) is 11.3. The first-order chi connectivity index (χ1) is 23.7. The lowest BCUT2D eigenvalue weighted by molar-refractivity contribution is 0.106. The highest BCUT2D eigenvalue weighted by molar-refractivity contribution is 5.92. The summed E-state index contributed by atoms with van der Waals surface area (Å²) in [6, 6.07) is 12.1. The normalized spacial score (nSPS) is 21.8. The van der Waals surface area contributed by atoms with Crippen LogP contribution in [0.5, 0.6) is 46.0 Å². The van der Waals surface area contributed by atoms with Gasteiger partial charge in [0.05, 0.1) is 12.1 Å². The van der Waals surface area contributed by atoms with Crippen molar-refractivity contribution in [3.8, 4) is 68.2 Å². The molecule has 0 saturated carbocycles. The summed E-state index contributed by atoms with van der Waals surface area (Å²) in [5, 5.41) is 0. The molecule has 2 atom stereocenters. The van der Waals surface area contributed by atoms with E-state index in [1.54, 1.807) is 0 Å². The maximum absolute atomic E-state index is 15.1. The Balaban J connectivity index is 0.990. The number of carbonyl (C=O) groups is 1. The maximum Gasteiger partial charge on any atom is 0.321 e. The fourth-order valence-corrected chi connectivity index (χ4v) is 9.38. The molecule has 0 N–H and O–H groups in total. The minimum atomic E-state index is -0.166. The predicted molar refractivity (Wildman–Crippen MR) is 167 cm³/mol. The van der Waals surface area contributed by atoms with E-state index in [1.165, 1.54) is 11.1 Å². The molecule has 6 aliphatic heterocycles. The highest BCUT2D eigenvalue weighted by atomic mass is 16.7. The van der Waals surface area contributed by atoms with Crippen molar-refractivity contribution in [1.82, 2.24) is 9.80 Å². The lowest BCUT2D eigenvalue weighted by Gasteiger charge is -2.47. The fraction of sp³-hybridized carbons (Fsp3) is 0.324. The van der Waals surface area contributed by atoms with Gasteiger partial charge in [0, 0.05) is 35.3 Å². The summed E-state index contributed by atoms with van der Waals surface area (Å²) in [7, 11) is 0. The van der Waals surface area contributed by atoms with Gasteiger partial charge in [-0.3, -0.25) is 0 Å². The molecule has 6 heterocycles. The summed E-state index contributed by atoms with van der Waals surface area (Å²) in [5.74, 6) is 5.85. The molecule has 0 radical (unpaired) electrons. The zero-order chi connectivity index (χ0) is 31.2. The first-order valence-corrected chi connectivity index (χ1v) is 16.5. The first-order valence-electron chi connectivity index (χ1n) is 16.5. The van der Waals surface area contributed by atoms with Crippen molar-refractivity contribution >= 4 is 6.03 Å². The van der Waals surface area contributed by atoms with Crippen LogP contribution in [0.2, 0.25) is 0 Å². The smallest absolute Gasteiger partial charge is 0.321 e. The molecule has 12 rings (SSSR count). The van der Waals surface area contributed by atoms with Gasteiger partial charge in [-0.2, -0.15) is 0 Å². The van der Waals surface area contributed by atoms with Crippen molar-refractivity contribution in [2.75, 3.05) is 40.3 Å². The molecule has 0 bridgehead atoms. The number of urea groups is 1. The Bertz CT molecular complexity index is 2030. The number of ether oxygens (including phenoxy) is 8. The van der Waals surface area contributed by atoms with E-state index in [0.29, 0.717) is 50.3 Å². The largest absolute Gasteiger partial charge is 0.454 e. The van der Waals surface area contributed by atoms with Crippen LogP contribution in [0.1, 0.15) is 45.5 Å². The van der Waals surface area contributed by atoms with Gasteiger partial charge in [0.2, 0.25) is 27.2 Å². The van der Waals surface area contributed by atoms with Crippen LogP contribution < -0.4 is 37.9 Å². The van der Waals surface area contributed by atoms with Crippen LogP contribution in [0, 0.1) is 0 Å². The number of amides is 2. The summed E-state index contributed by atoms with van der Waals surface area (Å²) in [5.41, 5.74) is 10.7. The summed E-state index contributed by atoms with van der Waals surface area (Å²) < 4.78 is 47.7. The number of hydrogen-bond donors (Lipinski definition) is 0. The zero-order valence-electron chi connectivity index (χ0n) is 25.8. The van der Waals surface area contributed by atoms with E-state index in [-0.39, 0.29) is 45.3 Å². The molecule has 2 amide bonds. The molecule has 4 aromatic rings. The summed E-state index contributed by atoms with van der Waals surface area (Å²) in [4.78, 5) is 19.3. The average molecular weight is 645 g/mol. The molecular formula is C37H28N2O9. The lowest BCUT2D eigenvalue weighted by atomic mass is 9.75. The Morgan fingerprint density at radius 1 is 0.500 bits per heavy atom. The Morgan fingerprint density at radius 3 is 1.38 bits per heavy atom. The monoisotopic (exact) mass is 644 g/mol. The minimum absolute atomic E-state index is 0.0434. The molecule has 0 fully saturated rings. The SMILES string of the molecule is O=C(N1CCc2cc3c(c4c2C1Cc1ccc2c(c1-4)OCO2)OCO3)N1CCc2cc3c(c4c2C1Cc1ccc2c(c1-4)OCO2)OCO3. The van der Waals surface area contributed by atoms with E-state index in [4.69, 9.17) is 37.9 Å². The van der Waals surface area contributed by atoms with Gasteiger partial charge >= 0.3 is 6.03 Å². The average Bonchev–Trinajstić information content (AvgIpc) is 3.94. The van der Waals surface area contributed by atoms with Gasteiger partial charge in [0.25, 0.3) is 0 Å². The summed E-state index contributed by atoms with van der Waals surface area (Å²) in [6.07, 6.45) is 2.77. The standard InChI is InChI=1S/C37H28N2O9/c40-37(38-7-5-19-11-25-35(47-15-43-25)31-27(19)21(38)9-17-1-3-23-33(29(17)31)45-13-41-23)39-8-6-20-12-26-36(48-16-44-26)32-28(20)22(39)10-18-2-4-24-34(30(18)32)46-14-42-24/h1-4,11-12,21-22H,5-10,13-16H2. The molecule has 0 spiro atoms. The Kier molecular flexibility index (Phi) is 4.76. The van der Waals surface area contributed by atoms with Gasteiger partial charge in [-0.15, -0.1) is 0 Å². The van der Waals surface area contributed by atoms with Crippen LogP contribution in [0.4, 0.5) is 4.79 Å². The van der Waals surface area contributed by atoms with Crippen molar-refractivity contribution in [3.05, 3.63) is 69.8 Å². The highest BCUT2D eigenvalue weighted by Crippen LogP contribution is 2.60. The first kappa shape index (κ1) is 25.6. The molecule has 2 aliphatic carbocycles. The van der Waals surface area contributed by atoms with Gasteiger partial charge in [-0.25, -0.2) is 4.79 Å². The van der Waals surface area contributed by atoms with E-state index in [1.807, 2.05) is 12.1 Å². The molecular weight excluding hydrogens is 616 g/mol. The fourth-order valence-electron chi connectivity index (χ4n) is 9.38. The summed E-state index contributed by atoms with van der Waals surface area (Å²) in [6.45, 7) is 1.90. The number of fused-ring (bicyclic) bond motifs is 12. The number of hydrogen-bond acceptors (Lipinski definition) is 9. The van der Waals surface area contributed by atoms with Gasteiger partial charge in [0.1, 0.15) is 0 Å². The van der Waals surface area contributed by atoms with Crippen LogP contribution in [-0.4, -0.2) is 56.1 Å². The molecule has 11 nitrogen and oxygen atoms in total. The van der Waals surface area contributed by atoms with Crippen LogP contribution in [0.3, 0.4) is 0 Å². The van der Waals surface area contributed by atoms with E-state index in [9.17, 15) is 0 Å². The lowest BCUT2D eigenvalue weighted by Crippen LogP contribution is -2.52. The third kappa shape index (κ3) is 3.12. The number of benzene rings is 4. The number of carbonyl (C=O) groups excluding carboxylic acids is 1. The van der Waals surface area contributed by atoms with E-state index in [2.05, 4.69) is 34.1 Å². The van der Waals surface area contributed by atoms with Gasteiger partial charge in [-0.05, 0) is 83.3 Å². The predicted octanol–water partition coefficient (Wildman–Crippen LogP) is 5.67. The second-order valence-electron chi connectivity index (χ2n) is 13.4. The van der Waals surface area contributed by atoms with Gasteiger partial charge < -0.3 is 47.7 Å². The van der Waals surface area contributed by atoms with Crippen molar-refractivity contribution in [2.45, 2.75) is 37.8 Å². The molecule has 2 unspecified atom stereocenters. The Morgan fingerprint density at radius 2 is 0.917 bits per heavy atom. The molecule has 48 heavy (non-hydrogen) atoms. The Hall–Kier alpha value is -5.45. The zero-order valence-corrected chi connectivity index (χ0v) is 25.8. The highest BCUT2D eigenvalue weighted by Gasteiger charge is 2.47. The molecule has 0 saturated heterocycles. The molecule has 4 aromatic carbocycles. The van der Waals surface area contributed by atoms with E-state index < -0.39 is 0 Å². The number of nitrogens with zero attached hydrogens (tertiary/aromatic N) is 2. The van der Waals surface area contributed by atoms with Crippen LogP contribution in [0.15, 0.2) is 36.4 Å². The van der Waals surface area contributed by atoms with Crippen LogP contribution in [-0.2, 0) is 25.7 Å². The molecule has 0 aromatic heterocycles. The van der Waals surface area contributed by atoms with Gasteiger partial charge in [0.15, 0.2) is 46.0 Å². The Labute approximate surface area is 274 Å². The molecule has 11 heteroatoms. The summed E-state index contributed by atoms with van der Waals surface area (Å²) >= 11 is 0. The van der Waals surface area contributed by atoms with Crippen LogP contribution >= 0.6 is 0 Å². The quantitative estimate of drug-likeness (QED) is 0.240. The van der Waals surface area contributed by atoms with Crippen molar-refractivity contribution < 1.29 is 42.7 Å². The van der Waals surface area contributed by atoms with Crippen molar-refractivity contribution in [2.24, 2.45) is 0 Å². The van der Waals surface area contributed by atoms with Crippen LogP contribution in [0.25, 0.3) is 22.3 Å². The maximum atomic E-state index is 15.1. The minimum Gasteiger partial charge on any atom is -0.454 e. The topological polar surface area (TPSA) is 97.4 Å². The number of rotatable bonds is 0.